The first-order valence-corrected chi connectivity index (χ1v) is 10.3. The highest BCUT2D eigenvalue weighted by Gasteiger charge is 2.15. The molecule has 0 unspecified atom stereocenters. The molecule has 1 aromatic carbocycles. The zero-order valence-electron chi connectivity index (χ0n) is 15.5. The van der Waals surface area contributed by atoms with E-state index in [-0.39, 0.29) is 0 Å². The van der Waals surface area contributed by atoms with Gasteiger partial charge in [-0.15, -0.1) is 11.3 Å². The van der Waals surface area contributed by atoms with Crippen LogP contribution in [0.5, 0.6) is 5.75 Å². The Morgan fingerprint density at radius 1 is 1.15 bits per heavy atom. The van der Waals surface area contributed by atoms with Crippen molar-refractivity contribution in [2.45, 2.75) is 38.1 Å². The van der Waals surface area contributed by atoms with Gasteiger partial charge in [0.05, 0.1) is 30.8 Å². The zero-order valence-corrected chi connectivity index (χ0v) is 16.3. The SMILES string of the molecule is COc1ccccc1-c1csc(=NC2CCCCC2)n1N=Cc1ccc[nH]1. The van der Waals surface area contributed by atoms with Crippen molar-refractivity contribution in [3.05, 3.63) is 58.5 Å². The van der Waals surface area contributed by atoms with E-state index in [4.69, 9.17) is 14.8 Å². The van der Waals surface area contributed by atoms with Crippen LogP contribution in [0.15, 0.2) is 58.1 Å². The Hall–Kier alpha value is -2.60. The molecular weight excluding hydrogens is 356 g/mol. The highest BCUT2D eigenvalue weighted by atomic mass is 32.1. The van der Waals surface area contributed by atoms with Crippen LogP contribution < -0.4 is 9.54 Å². The maximum atomic E-state index is 5.57. The molecule has 5 nitrogen and oxygen atoms in total. The summed E-state index contributed by atoms with van der Waals surface area (Å²) < 4.78 is 7.51. The lowest BCUT2D eigenvalue weighted by molar-refractivity contribution is 0.416. The fourth-order valence-corrected chi connectivity index (χ4v) is 4.35. The van der Waals surface area contributed by atoms with Crippen molar-refractivity contribution in [3.8, 4) is 17.0 Å². The van der Waals surface area contributed by atoms with Gasteiger partial charge in [-0.2, -0.15) is 5.10 Å². The van der Waals surface area contributed by atoms with E-state index in [1.165, 1.54) is 32.1 Å². The van der Waals surface area contributed by atoms with Crippen molar-refractivity contribution in [1.82, 2.24) is 9.66 Å². The van der Waals surface area contributed by atoms with Gasteiger partial charge in [-0.3, -0.25) is 4.99 Å². The van der Waals surface area contributed by atoms with Crippen molar-refractivity contribution in [1.29, 1.82) is 0 Å². The standard InChI is InChI=1S/C21H24N4OS/c1-26-20-12-6-5-11-18(20)19-15-27-21(24-16-8-3-2-4-9-16)25(19)23-14-17-10-7-13-22-17/h5-7,10-16,22H,2-4,8-9H2,1H3. The molecule has 0 bridgehead atoms. The van der Waals surface area contributed by atoms with Crippen LogP contribution in [0.4, 0.5) is 0 Å². The van der Waals surface area contributed by atoms with Gasteiger partial charge in [-0.05, 0) is 37.1 Å². The van der Waals surface area contributed by atoms with Crippen LogP contribution in [-0.4, -0.2) is 29.0 Å². The number of rotatable bonds is 5. The monoisotopic (exact) mass is 380 g/mol. The van der Waals surface area contributed by atoms with Gasteiger partial charge in [0, 0.05) is 17.1 Å². The predicted octanol–water partition coefficient (Wildman–Crippen LogP) is 4.67. The molecule has 2 aromatic heterocycles. The molecule has 1 saturated carbocycles. The Bertz CT molecular complexity index is 962. The molecule has 1 aliphatic rings. The summed E-state index contributed by atoms with van der Waals surface area (Å²) >= 11 is 1.64. The number of H-pyrrole nitrogens is 1. The number of ether oxygens (including phenoxy) is 1. The summed E-state index contributed by atoms with van der Waals surface area (Å²) in [5.74, 6) is 0.836. The number of hydrogen-bond donors (Lipinski definition) is 1. The van der Waals surface area contributed by atoms with Crippen LogP contribution in [0, 0.1) is 0 Å². The molecule has 0 saturated heterocycles. The molecule has 0 radical (unpaired) electrons. The molecule has 1 aliphatic carbocycles. The number of methoxy groups -OCH3 is 1. The summed E-state index contributed by atoms with van der Waals surface area (Å²) in [6, 6.07) is 12.4. The van der Waals surface area contributed by atoms with Crippen molar-refractivity contribution in [2.24, 2.45) is 10.1 Å². The second-order valence-corrected chi connectivity index (χ2v) is 7.54. The van der Waals surface area contributed by atoms with Gasteiger partial charge in [-0.1, -0.05) is 31.4 Å². The van der Waals surface area contributed by atoms with Gasteiger partial charge in [0.2, 0.25) is 4.80 Å². The molecule has 6 heteroatoms. The van der Waals surface area contributed by atoms with E-state index in [1.54, 1.807) is 18.4 Å². The van der Waals surface area contributed by atoms with Crippen molar-refractivity contribution in [2.75, 3.05) is 7.11 Å². The first kappa shape index (κ1) is 17.8. The lowest BCUT2D eigenvalue weighted by atomic mass is 9.96. The molecular formula is C21H24N4OS. The molecule has 2 heterocycles. The van der Waals surface area contributed by atoms with Gasteiger partial charge in [-0.25, -0.2) is 4.68 Å². The highest BCUT2D eigenvalue weighted by Crippen LogP contribution is 2.30. The maximum Gasteiger partial charge on any atom is 0.206 e. The summed E-state index contributed by atoms with van der Waals surface area (Å²) in [5.41, 5.74) is 2.98. The molecule has 0 aliphatic heterocycles. The normalized spacial score (nSPS) is 16.3. The van der Waals surface area contributed by atoms with E-state index in [0.29, 0.717) is 6.04 Å². The van der Waals surface area contributed by atoms with Crippen LogP contribution in [0.1, 0.15) is 37.8 Å². The van der Waals surface area contributed by atoms with Gasteiger partial charge < -0.3 is 9.72 Å². The number of aromatic nitrogens is 2. The van der Waals surface area contributed by atoms with E-state index < -0.39 is 0 Å². The number of nitrogens with one attached hydrogen (secondary N) is 1. The predicted molar refractivity (Wildman–Crippen MR) is 111 cm³/mol. The van der Waals surface area contributed by atoms with Crippen LogP contribution in [0.25, 0.3) is 11.3 Å². The Labute approximate surface area is 163 Å². The third-order valence-corrected chi connectivity index (χ3v) is 5.70. The fourth-order valence-electron chi connectivity index (χ4n) is 3.45. The minimum absolute atomic E-state index is 0.398. The van der Waals surface area contributed by atoms with Gasteiger partial charge >= 0.3 is 0 Å². The Morgan fingerprint density at radius 3 is 2.78 bits per heavy atom. The lowest BCUT2D eigenvalue weighted by Gasteiger charge is -2.16. The Balaban J connectivity index is 1.80. The molecule has 0 spiro atoms. The average Bonchev–Trinajstić information content (AvgIpc) is 3.37. The zero-order chi connectivity index (χ0) is 18.5. The van der Waals surface area contributed by atoms with E-state index in [2.05, 4.69) is 16.4 Å². The van der Waals surface area contributed by atoms with Crippen molar-refractivity contribution >= 4 is 17.6 Å². The lowest BCUT2D eigenvalue weighted by Crippen LogP contribution is -2.19. The second kappa shape index (κ2) is 8.39. The molecule has 4 rings (SSSR count). The highest BCUT2D eigenvalue weighted by molar-refractivity contribution is 7.07. The molecule has 3 aromatic rings. The van der Waals surface area contributed by atoms with Crippen LogP contribution in [0.2, 0.25) is 0 Å². The van der Waals surface area contributed by atoms with Crippen LogP contribution in [0.3, 0.4) is 0 Å². The Morgan fingerprint density at radius 2 is 2.00 bits per heavy atom. The minimum atomic E-state index is 0.398. The average molecular weight is 381 g/mol. The fraction of sp³-hybridized carbons (Fsp3) is 0.333. The van der Waals surface area contributed by atoms with Gasteiger partial charge in [0.15, 0.2) is 0 Å². The summed E-state index contributed by atoms with van der Waals surface area (Å²) in [6.45, 7) is 0. The van der Waals surface area contributed by atoms with Crippen molar-refractivity contribution in [3.63, 3.8) is 0 Å². The molecule has 27 heavy (non-hydrogen) atoms. The maximum absolute atomic E-state index is 5.57. The Kier molecular flexibility index (Phi) is 5.53. The third-order valence-electron chi connectivity index (χ3n) is 4.87. The largest absolute Gasteiger partial charge is 0.496 e. The molecule has 140 valence electrons. The molecule has 0 amide bonds. The topological polar surface area (TPSA) is 54.7 Å². The summed E-state index contributed by atoms with van der Waals surface area (Å²) in [4.78, 5) is 9.14. The van der Waals surface area contributed by atoms with Gasteiger partial charge in [0.1, 0.15) is 5.75 Å². The first-order chi connectivity index (χ1) is 13.3. The number of aromatic amines is 1. The number of para-hydroxylation sites is 1. The summed E-state index contributed by atoms with van der Waals surface area (Å²) in [6.07, 6.45) is 9.94. The quantitative estimate of drug-likeness (QED) is 0.643. The number of hydrogen-bond acceptors (Lipinski definition) is 4. The van der Waals surface area contributed by atoms with Gasteiger partial charge in [0.25, 0.3) is 0 Å². The smallest absolute Gasteiger partial charge is 0.206 e. The number of thiazole rings is 1. The third kappa shape index (κ3) is 4.06. The second-order valence-electron chi connectivity index (χ2n) is 6.71. The van der Waals surface area contributed by atoms with E-state index >= 15 is 0 Å². The molecule has 0 atom stereocenters. The van der Waals surface area contributed by atoms with Crippen molar-refractivity contribution < 1.29 is 4.74 Å². The summed E-state index contributed by atoms with van der Waals surface area (Å²) in [5, 5.41) is 6.86. The van der Waals surface area contributed by atoms with E-state index in [9.17, 15) is 0 Å². The molecule has 1 fully saturated rings. The number of benzene rings is 1. The molecule has 1 N–H and O–H groups in total. The summed E-state index contributed by atoms with van der Waals surface area (Å²) in [7, 11) is 1.70. The van der Waals surface area contributed by atoms with E-state index in [1.807, 2.05) is 47.4 Å². The van der Waals surface area contributed by atoms with Crippen LogP contribution in [-0.2, 0) is 0 Å². The number of nitrogens with zero attached hydrogens (tertiary/aromatic N) is 3. The minimum Gasteiger partial charge on any atom is -0.496 e. The first-order valence-electron chi connectivity index (χ1n) is 9.40. The van der Waals surface area contributed by atoms with Crippen LogP contribution >= 0.6 is 11.3 Å². The van der Waals surface area contributed by atoms with E-state index in [0.717, 1.165) is 27.5 Å².